The fourth-order valence-corrected chi connectivity index (χ4v) is 3.72. The minimum atomic E-state index is -0.184. The highest BCUT2D eigenvalue weighted by molar-refractivity contribution is 6.30. The number of aromatic amines is 1. The molecule has 2 aromatic carbocycles. The van der Waals surface area contributed by atoms with E-state index in [1.165, 1.54) is 17.3 Å². The van der Waals surface area contributed by atoms with Gasteiger partial charge in [0.1, 0.15) is 0 Å². The molecule has 3 aromatic rings. The summed E-state index contributed by atoms with van der Waals surface area (Å²) in [5.41, 5.74) is 4.12. The maximum atomic E-state index is 11.1. The average Bonchev–Trinajstić information content (AvgIpc) is 2.74. The molecule has 0 bridgehead atoms. The standard InChI is InChI=1S/C22H23ClN4O/c23-19-2-1-3-20(16-19)27-14-12-26(13-15-27)11-10-17-4-6-18(7-5-17)21-8-9-22(28)25-24-21/h1-9,16H,10-15H2,(H,25,28). The molecule has 0 aliphatic carbocycles. The third-order valence-corrected chi connectivity index (χ3v) is 5.43. The molecule has 1 fully saturated rings. The Morgan fingerprint density at radius 3 is 2.43 bits per heavy atom. The van der Waals surface area contributed by atoms with Crippen LogP contribution in [0.15, 0.2) is 65.5 Å². The number of anilines is 1. The monoisotopic (exact) mass is 394 g/mol. The maximum Gasteiger partial charge on any atom is 0.264 e. The second-order valence-corrected chi connectivity index (χ2v) is 7.50. The molecule has 5 nitrogen and oxygen atoms in total. The van der Waals surface area contributed by atoms with Crippen LogP contribution in [0.2, 0.25) is 5.02 Å². The fourth-order valence-electron chi connectivity index (χ4n) is 3.54. The van der Waals surface area contributed by atoms with Crippen LogP contribution in [0, 0.1) is 0 Å². The average molecular weight is 395 g/mol. The van der Waals surface area contributed by atoms with E-state index in [0.29, 0.717) is 0 Å². The molecule has 2 heterocycles. The number of H-pyrrole nitrogens is 1. The topological polar surface area (TPSA) is 52.2 Å². The Bertz CT molecular complexity index is 958. The Balaban J connectivity index is 1.28. The zero-order chi connectivity index (χ0) is 19.3. The van der Waals surface area contributed by atoms with Gasteiger partial charge in [0.25, 0.3) is 5.56 Å². The molecule has 0 atom stereocenters. The van der Waals surface area contributed by atoms with Gasteiger partial charge in [-0.2, -0.15) is 5.10 Å². The minimum absolute atomic E-state index is 0.184. The van der Waals surface area contributed by atoms with Gasteiger partial charge in [-0.1, -0.05) is 41.9 Å². The van der Waals surface area contributed by atoms with Crippen LogP contribution in [0.1, 0.15) is 5.56 Å². The minimum Gasteiger partial charge on any atom is -0.369 e. The van der Waals surface area contributed by atoms with E-state index >= 15 is 0 Å². The summed E-state index contributed by atoms with van der Waals surface area (Å²) in [5.74, 6) is 0. The molecule has 0 amide bonds. The molecule has 0 radical (unpaired) electrons. The molecule has 1 N–H and O–H groups in total. The largest absolute Gasteiger partial charge is 0.369 e. The lowest BCUT2D eigenvalue weighted by Crippen LogP contribution is -2.47. The zero-order valence-electron chi connectivity index (χ0n) is 15.6. The Labute approximate surface area is 169 Å². The van der Waals surface area contributed by atoms with Crippen molar-refractivity contribution in [1.82, 2.24) is 15.1 Å². The number of piperazine rings is 1. The summed E-state index contributed by atoms with van der Waals surface area (Å²) in [4.78, 5) is 16.0. The molecule has 0 saturated carbocycles. The summed E-state index contributed by atoms with van der Waals surface area (Å²) in [6.45, 7) is 5.23. The summed E-state index contributed by atoms with van der Waals surface area (Å²) in [6, 6.07) is 19.7. The van der Waals surface area contributed by atoms with E-state index in [4.69, 9.17) is 11.6 Å². The number of halogens is 1. The molecule has 1 saturated heterocycles. The molecular weight excluding hydrogens is 372 g/mol. The molecule has 28 heavy (non-hydrogen) atoms. The van der Waals surface area contributed by atoms with Gasteiger partial charge in [0, 0.05) is 55.1 Å². The maximum absolute atomic E-state index is 11.1. The Morgan fingerprint density at radius 1 is 0.964 bits per heavy atom. The number of rotatable bonds is 5. The van der Waals surface area contributed by atoms with E-state index in [0.717, 1.165) is 55.4 Å². The summed E-state index contributed by atoms with van der Waals surface area (Å²) < 4.78 is 0. The summed E-state index contributed by atoms with van der Waals surface area (Å²) in [6.07, 6.45) is 1.02. The molecule has 144 valence electrons. The van der Waals surface area contributed by atoms with Crippen molar-refractivity contribution in [3.8, 4) is 11.3 Å². The molecule has 0 spiro atoms. The van der Waals surface area contributed by atoms with Gasteiger partial charge in [0.2, 0.25) is 0 Å². The third kappa shape index (κ3) is 4.61. The van der Waals surface area contributed by atoms with Gasteiger partial charge >= 0.3 is 0 Å². The van der Waals surface area contributed by atoms with E-state index in [1.807, 2.05) is 18.2 Å². The first-order valence-corrected chi connectivity index (χ1v) is 9.93. The second kappa shape index (κ2) is 8.59. The Kier molecular flexibility index (Phi) is 5.74. The van der Waals surface area contributed by atoms with Crippen LogP contribution in [0.25, 0.3) is 11.3 Å². The van der Waals surface area contributed by atoms with Gasteiger partial charge in [-0.3, -0.25) is 9.69 Å². The predicted octanol–water partition coefficient (Wildman–Crippen LogP) is 3.46. The second-order valence-electron chi connectivity index (χ2n) is 7.06. The third-order valence-electron chi connectivity index (χ3n) is 5.19. The van der Waals surface area contributed by atoms with Crippen LogP contribution in [0.3, 0.4) is 0 Å². The number of nitrogens with zero attached hydrogens (tertiary/aromatic N) is 3. The lowest BCUT2D eigenvalue weighted by Gasteiger charge is -2.36. The fraction of sp³-hybridized carbons (Fsp3) is 0.273. The normalized spacial score (nSPS) is 15.0. The number of aromatic nitrogens is 2. The van der Waals surface area contributed by atoms with Crippen LogP contribution in [0.4, 0.5) is 5.69 Å². The van der Waals surface area contributed by atoms with E-state index in [1.54, 1.807) is 6.07 Å². The van der Waals surface area contributed by atoms with Gasteiger partial charge < -0.3 is 4.90 Å². The van der Waals surface area contributed by atoms with Crippen LogP contribution in [0.5, 0.6) is 0 Å². The van der Waals surface area contributed by atoms with Crippen molar-refractivity contribution >= 4 is 17.3 Å². The number of hydrogen-bond donors (Lipinski definition) is 1. The van der Waals surface area contributed by atoms with Gasteiger partial charge in [0.15, 0.2) is 0 Å². The smallest absolute Gasteiger partial charge is 0.264 e. The lowest BCUT2D eigenvalue weighted by molar-refractivity contribution is 0.261. The quantitative estimate of drug-likeness (QED) is 0.720. The summed E-state index contributed by atoms with van der Waals surface area (Å²) in [7, 11) is 0. The number of nitrogens with one attached hydrogen (secondary N) is 1. The van der Waals surface area contributed by atoms with Crippen molar-refractivity contribution in [3.63, 3.8) is 0 Å². The number of hydrogen-bond acceptors (Lipinski definition) is 4. The SMILES string of the molecule is O=c1ccc(-c2ccc(CCN3CCN(c4cccc(Cl)c4)CC3)cc2)n[nH]1. The summed E-state index contributed by atoms with van der Waals surface area (Å²) in [5, 5.41) is 7.34. The molecule has 1 aliphatic rings. The van der Waals surface area contributed by atoms with Gasteiger partial charge in [-0.25, -0.2) is 5.10 Å². The highest BCUT2D eigenvalue weighted by atomic mass is 35.5. The Hall–Kier alpha value is -2.63. The first-order chi connectivity index (χ1) is 13.7. The Morgan fingerprint density at radius 2 is 1.75 bits per heavy atom. The molecule has 4 rings (SSSR count). The first-order valence-electron chi connectivity index (χ1n) is 9.55. The van der Waals surface area contributed by atoms with Crippen molar-refractivity contribution < 1.29 is 0 Å². The van der Waals surface area contributed by atoms with Crippen LogP contribution in [-0.4, -0.2) is 47.8 Å². The molecule has 1 aromatic heterocycles. The van der Waals surface area contributed by atoms with Crippen LogP contribution >= 0.6 is 11.6 Å². The van der Waals surface area contributed by atoms with E-state index < -0.39 is 0 Å². The highest BCUT2D eigenvalue weighted by Gasteiger charge is 2.17. The van der Waals surface area contributed by atoms with Crippen molar-refractivity contribution in [2.24, 2.45) is 0 Å². The molecule has 6 heteroatoms. The van der Waals surface area contributed by atoms with Crippen molar-refractivity contribution in [2.75, 3.05) is 37.6 Å². The first kappa shape index (κ1) is 18.7. The van der Waals surface area contributed by atoms with Gasteiger partial charge in [0.05, 0.1) is 5.69 Å². The summed E-state index contributed by atoms with van der Waals surface area (Å²) >= 11 is 6.11. The van der Waals surface area contributed by atoms with Gasteiger partial charge in [-0.15, -0.1) is 0 Å². The van der Waals surface area contributed by atoms with Gasteiger partial charge in [-0.05, 0) is 36.2 Å². The lowest BCUT2D eigenvalue weighted by atomic mass is 10.1. The predicted molar refractivity (Wildman–Crippen MR) is 114 cm³/mol. The van der Waals surface area contributed by atoms with Crippen molar-refractivity contribution in [2.45, 2.75) is 6.42 Å². The van der Waals surface area contributed by atoms with E-state index in [9.17, 15) is 4.79 Å². The molecule has 1 aliphatic heterocycles. The van der Waals surface area contributed by atoms with Crippen LogP contribution in [-0.2, 0) is 6.42 Å². The number of benzene rings is 2. The van der Waals surface area contributed by atoms with Crippen LogP contribution < -0.4 is 10.5 Å². The highest BCUT2D eigenvalue weighted by Crippen LogP contribution is 2.21. The van der Waals surface area contributed by atoms with E-state index in [-0.39, 0.29) is 5.56 Å². The van der Waals surface area contributed by atoms with Crippen molar-refractivity contribution in [1.29, 1.82) is 0 Å². The van der Waals surface area contributed by atoms with Crippen molar-refractivity contribution in [3.05, 3.63) is 81.6 Å². The molecule has 0 unspecified atom stereocenters. The zero-order valence-corrected chi connectivity index (χ0v) is 16.4. The van der Waals surface area contributed by atoms with E-state index in [2.05, 4.69) is 50.3 Å². The molecular formula is C22H23ClN4O.